The number of rotatable bonds is 6. The van der Waals surface area contributed by atoms with E-state index in [1.807, 2.05) is 42.5 Å². The number of benzene rings is 2. The lowest BCUT2D eigenvalue weighted by molar-refractivity contribution is 0.0996. The summed E-state index contributed by atoms with van der Waals surface area (Å²) in [6, 6.07) is 23.4. The van der Waals surface area contributed by atoms with Gasteiger partial charge < -0.3 is 15.1 Å². The van der Waals surface area contributed by atoms with Crippen molar-refractivity contribution in [1.29, 1.82) is 0 Å². The van der Waals surface area contributed by atoms with Gasteiger partial charge in [0.15, 0.2) is 5.76 Å². The molecule has 31 heavy (non-hydrogen) atoms. The van der Waals surface area contributed by atoms with Gasteiger partial charge in [0.05, 0.1) is 11.6 Å². The van der Waals surface area contributed by atoms with E-state index in [9.17, 15) is 4.79 Å². The van der Waals surface area contributed by atoms with Crippen molar-refractivity contribution in [3.63, 3.8) is 0 Å². The maximum absolute atomic E-state index is 12.2. The molecule has 2 aromatic carbocycles. The number of carbonyl (C=O) groups is 1. The van der Waals surface area contributed by atoms with Gasteiger partial charge in [-0.3, -0.25) is 4.79 Å². The number of hydrogen-bond donors (Lipinski definition) is 2. The lowest BCUT2D eigenvalue weighted by Gasteiger charge is -2.09. The third kappa shape index (κ3) is 4.17. The highest BCUT2D eigenvalue weighted by molar-refractivity contribution is 7.21. The first-order valence-electron chi connectivity index (χ1n) is 9.74. The molecule has 3 heterocycles. The fraction of sp³-hybridized carbons (Fsp3) is 0.0417. The normalized spacial score (nSPS) is 10.8. The Labute approximate surface area is 182 Å². The van der Waals surface area contributed by atoms with Crippen LogP contribution in [-0.4, -0.2) is 15.9 Å². The van der Waals surface area contributed by atoms with E-state index in [2.05, 4.69) is 38.8 Å². The van der Waals surface area contributed by atoms with Crippen molar-refractivity contribution >= 4 is 39.0 Å². The molecule has 152 valence electrons. The zero-order valence-electron chi connectivity index (χ0n) is 16.4. The summed E-state index contributed by atoms with van der Waals surface area (Å²) in [7, 11) is 0. The molecule has 2 N–H and O–H groups in total. The number of anilines is 2. The maximum Gasteiger partial charge on any atom is 0.291 e. The van der Waals surface area contributed by atoms with Crippen LogP contribution < -0.4 is 10.6 Å². The van der Waals surface area contributed by atoms with Crippen LogP contribution in [0.1, 0.15) is 16.1 Å². The average molecular weight is 427 g/mol. The molecule has 0 spiro atoms. The Balaban J connectivity index is 1.33. The molecule has 0 radical (unpaired) electrons. The molecular weight excluding hydrogens is 408 g/mol. The summed E-state index contributed by atoms with van der Waals surface area (Å²) in [6.07, 6.45) is 3.06. The molecule has 0 saturated heterocycles. The van der Waals surface area contributed by atoms with Gasteiger partial charge in [0.1, 0.15) is 17.0 Å². The Hall–Kier alpha value is -3.97. The van der Waals surface area contributed by atoms with E-state index >= 15 is 0 Å². The summed E-state index contributed by atoms with van der Waals surface area (Å²) in [4.78, 5) is 23.2. The first-order chi connectivity index (χ1) is 15.3. The van der Waals surface area contributed by atoms with E-state index in [-0.39, 0.29) is 11.7 Å². The third-order valence-corrected chi connectivity index (χ3v) is 5.87. The highest BCUT2D eigenvalue weighted by atomic mass is 32.1. The molecule has 0 aliphatic heterocycles. The van der Waals surface area contributed by atoms with Crippen LogP contribution in [0.4, 0.5) is 11.5 Å². The Morgan fingerprint density at radius 2 is 1.87 bits per heavy atom. The van der Waals surface area contributed by atoms with Crippen molar-refractivity contribution in [3.8, 4) is 10.4 Å². The molecule has 7 heteroatoms. The highest BCUT2D eigenvalue weighted by Gasteiger charge is 2.11. The molecule has 0 aliphatic rings. The van der Waals surface area contributed by atoms with Gasteiger partial charge in [0.25, 0.3) is 5.91 Å². The summed E-state index contributed by atoms with van der Waals surface area (Å²) < 4.78 is 5.14. The van der Waals surface area contributed by atoms with Crippen LogP contribution >= 0.6 is 11.3 Å². The largest absolute Gasteiger partial charge is 0.459 e. The third-order valence-electron chi connectivity index (χ3n) is 4.78. The Morgan fingerprint density at radius 1 is 0.968 bits per heavy atom. The Bertz CT molecular complexity index is 1330. The summed E-state index contributed by atoms with van der Waals surface area (Å²) >= 11 is 1.65. The van der Waals surface area contributed by atoms with E-state index in [1.54, 1.807) is 29.8 Å². The van der Waals surface area contributed by atoms with Gasteiger partial charge in [-0.15, -0.1) is 11.3 Å². The van der Waals surface area contributed by atoms with Gasteiger partial charge in [-0.05, 0) is 41.5 Å². The van der Waals surface area contributed by atoms with Gasteiger partial charge in [-0.25, -0.2) is 9.97 Å². The Kier molecular flexibility index (Phi) is 5.16. The lowest BCUT2D eigenvalue weighted by atomic mass is 10.2. The average Bonchev–Trinajstić information content (AvgIpc) is 3.49. The molecule has 6 nitrogen and oxygen atoms in total. The minimum atomic E-state index is -0.278. The molecule has 0 aliphatic carbocycles. The standard InChI is InChI=1S/C24H18N4O2S/c29-23(20-10-5-11-30-20)28-18-9-4-6-16(12-18)14-25-22-19-13-21(17-7-2-1-3-8-17)31-24(19)27-15-26-22/h1-13,15H,14H2,(H,28,29)(H,25,26,27). The molecule has 0 unspecified atom stereocenters. The van der Waals surface area contributed by atoms with Crippen molar-refractivity contribution in [2.45, 2.75) is 6.54 Å². The van der Waals surface area contributed by atoms with Crippen molar-refractivity contribution < 1.29 is 9.21 Å². The molecule has 5 aromatic rings. The smallest absolute Gasteiger partial charge is 0.291 e. The number of hydrogen-bond acceptors (Lipinski definition) is 6. The first kappa shape index (κ1) is 19.0. The lowest BCUT2D eigenvalue weighted by Crippen LogP contribution is -2.11. The van der Waals surface area contributed by atoms with Crippen LogP contribution in [0.25, 0.3) is 20.7 Å². The topological polar surface area (TPSA) is 80.0 Å². The number of furan rings is 1. The van der Waals surface area contributed by atoms with E-state index in [4.69, 9.17) is 4.42 Å². The second kappa shape index (κ2) is 8.41. The number of thiophene rings is 1. The molecule has 0 atom stereocenters. The number of nitrogens with zero attached hydrogens (tertiary/aromatic N) is 2. The second-order valence-corrected chi connectivity index (χ2v) is 7.93. The number of nitrogens with one attached hydrogen (secondary N) is 2. The SMILES string of the molecule is O=C(Nc1cccc(CNc2ncnc3sc(-c4ccccc4)cc23)c1)c1ccco1. The van der Waals surface area contributed by atoms with Crippen LogP contribution in [0.15, 0.2) is 89.8 Å². The maximum atomic E-state index is 12.2. The van der Waals surface area contributed by atoms with Crippen molar-refractivity contribution in [3.05, 3.63) is 96.7 Å². The van der Waals surface area contributed by atoms with Gasteiger partial charge in [-0.2, -0.15) is 0 Å². The molecule has 0 fully saturated rings. The predicted octanol–water partition coefficient (Wildman–Crippen LogP) is 5.82. The number of carbonyl (C=O) groups excluding carboxylic acids is 1. The Morgan fingerprint density at radius 3 is 2.71 bits per heavy atom. The minimum absolute atomic E-state index is 0.276. The van der Waals surface area contributed by atoms with E-state index in [0.29, 0.717) is 12.2 Å². The quantitative estimate of drug-likeness (QED) is 0.358. The van der Waals surface area contributed by atoms with Gasteiger partial charge >= 0.3 is 0 Å². The monoisotopic (exact) mass is 426 g/mol. The van der Waals surface area contributed by atoms with Crippen molar-refractivity contribution in [1.82, 2.24) is 9.97 Å². The van der Waals surface area contributed by atoms with E-state index in [0.717, 1.165) is 32.0 Å². The van der Waals surface area contributed by atoms with Gasteiger partial charge in [0.2, 0.25) is 0 Å². The van der Waals surface area contributed by atoms with Crippen LogP contribution in [0.2, 0.25) is 0 Å². The molecule has 5 rings (SSSR count). The van der Waals surface area contributed by atoms with Crippen LogP contribution in [-0.2, 0) is 6.54 Å². The molecule has 3 aromatic heterocycles. The second-order valence-electron chi connectivity index (χ2n) is 6.90. The molecular formula is C24H18N4O2S. The molecule has 0 bridgehead atoms. The highest BCUT2D eigenvalue weighted by Crippen LogP contribution is 2.34. The van der Waals surface area contributed by atoms with E-state index in [1.165, 1.54) is 6.26 Å². The zero-order chi connectivity index (χ0) is 21.0. The summed E-state index contributed by atoms with van der Waals surface area (Å²) in [5.41, 5.74) is 2.88. The van der Waals surface area contributed by atoms with Gasteiger partial charge in [-0.1, -0.05) is 42.5 Å². The minimum Gasteiger partial charge on any atom is -0.459 e. The number of amides is 1. The summed E-state index contributed by atoms with van der Waals surface area (Å²) in [5, 5.41) is 7.24. The van der Waals surface area contributed by atoms with Crippen molar-refractivity contribution in [2.75, 3.05) is 10.6 Å². The van der Waals surface area contributed by atoms with Crippen LogP contribution in [0.3, 0.4) is 0 Å². The summed E-state index contributed by atoms with van der Waals surface area (Å²) in [5.74, 6) is 0.784. The van der Waals surface area contributed by atoms with Crippen molar-refractivity contribution in [2.24, 2.45) is 0 Å². The number of fused-ring (bicyclic) bond motifs is 1. The molecule has 1 amide bonds. The predicted molar refractivity (Wildman–Crippen MR) is 123 cm³/mol. The fourth-order valence-electron chi connectivity index (χ4n) is 3.29. The van der Waals surface area contributed by atoms with Gasteiger partial charge in [0, 0.05) is 17.1 Å². The first-order valence-corrected chi connectivity index (χ1v) is 10.6. The van der Waals surface area contributed by atoms with Crippen LogP contribution in [0, 0.1) is 0 Å². The number of aromatic nitrogens is 2. The molecule has 0 saturated carbocycles. The van der Waals surface area contributed by atoms with Crippen LogP contribution in [0.5, 0.6) is 0 Å². The van der Waals surface area contributed by atoms with E-state index < -0.39 is 0 Å². The fourth-order valence-corrected chi connectivity index (χ4v) is 4.29. The zero-order valence-corrected chi connectivity index (χ0v) is 17.2. The summed E-state index contributed by atoms with van der Waals surface area (Å²) in [6.45, 7) is 0.563.